The molecule has 1 heterocycles. The van der Waals surface area contributed by atoms with Crippen LogP contribution >= 0.6 is 11.8 Å². The Morgan fingerprint density at radius 1 is 1.04 bits per heavy atom. The molecular weight excluding hydrogens is 344 g/mol. The summed E-state index contributed by atoms with van der Waals surface area (Å²) in [5.74, 6) is 1.61. The molecule has 6 heteroatoms. The van der Waals surface area contributed by atoms with Gasteiger partial charge in [0.1, 0.15) is 5.82 Å². The van der Waals surface area contributed by atoms with Crippen LogP contribution in [-0.2, 0) is 24.2 Å². The molecule has 2 aromatic rings. The van der Waals surface area contributed by atoms with E-state index in [0.717, 1.165) is 56.3 Å². The highest BCUT2D eigenvalue weighted by molar-refractivity contribution is 7.99. The van der Waals surface area contributed by atoms with E-state index >= 15 is 0 Å². The quantitative estimate of drug-likeness (QED) is 0.561. The lowest BCUT2D eigenvalue weighted by atomic mass is 10.1. The predicted molar refractivity (Wildman–Crippen MR) is 107 cm³/mol. The van der Waals surface area contributed by atoms with Crippen molar-refractivity contribution in [3.8, 4) is 0 Å². The normalized spacial score (nSPS) is 10.9. The lowest BCUT2D eigenvalue weighted by Crippen LogP contribution is -2.33. The van der Waals surface area contributed by atoms with Crippen LogP contribution in [0.4, 0.5) is 0 Å². The van der Waals surface area contributed by atoms with Crippen molar-refractivity contribution >= 4 is 17.7 Å². The van der Waals surface area contributed by atoms with Crippen molar-refractivity contribution in [3.63, 3.8) is 0 Å². The summed E-state index contributed by atoms with van der Waals surface area (Å²) in [7, 11) is 0. The number of rotatable bonds is 11. The maximum atomic E-state index is 12.5. The molecule has 142 valence electrons. The minimum Gasteiger partial charge on any atom is -0.342 e. The van der Waals surface area contributed by atoms with Gasteiger partial charge in [-0.05, 0) is 31.7 Å². The predicted octanol–water partition coefficient (Wildman–Crippen LogP) is 3.82. The van der Waals surface area contributed by atoms with Gasteiger partial charge in [-0.15, -0.1) is 10.2 Å². The molecule has 0 aliphatic rings. The van der Waals surface area contributed by atoms with Gasteiger partial charge in [0, 0.05) is 26.1 Å². The van der Waals surface area contributed by atoms with Crippen LogP contribution in [0.3, 0.4) is 0 Å². The Bertz CT molecular complexity index is 666. The van der Waals surface area contributed by atoms with Gasteiger partial charge < -0.3 is 9.47 Å². The number of thioether (sulfide) groups is 1. The fourth-order valence-electron chi connectivity index (χ4n) is 2.95. The largest absolute Gasteiger partial charge is 0.342 e. The lowest BCUT2D eigenvalue weighted by Gasteiger charge is -2.21. The lowest BCUT2D eigenvalue weighted by molar-refractivity contribution is -0.128. The van der Waals surface area contributed by atoms with E-state index < -0.39 is 0 Å². The number of hydrogen-bond acceptors (Lipinski definition) is 4. The Morgan fingerprint density at radius 3 is 2.35 bits per heavy atom. The SMILES string of the molecule is CCCN(CCC)C(=O)CSc1nnc(CCc2ccccc2)n1CC. The first-order chi connectivity index (χ1) is 12.7. The van der Waals surface area contributed by atoms with Crippen LogP contribution in [0, 0.1) is 0 Å². The molecule has 0 saturated heterocycles. The third-order valence-electron chi connectivity index (χ3n) is 4.25. The van der Waals surface area contributed by atoms with Crippen LogP contribution < -0.4 is 0 Å². The summed E-state index contributed by atoms with van der Waals surface area (Å²) in [5, 5.41) is 9.54. The number of carbonyl (C=O) groups excluding carboxylic acids is 1. The number of aryl methyl sites for hydroxylation is 2. The molecule has 2 rings (SSSR count). The smallest absolute Gasteiger partial charge is 0.233 e. The fraction of sp³-hybridized carbons (Fsp3) is 0.550. The van der Waals surface area contributed by atoms with Crippen LogP contribution in [0.15, 0.2) is 35.5 Å². The Hall–Kier alpha value is -1.82. The Labute approximate surface area is 161 Å². The summed E-state index contributed by atoms with van der Waals surface area (Å²) in [4.78, 5) is 14.4. The first-order valence-electron chi connectivity index (χ1n) is 9.56. The van der Waals surface area contributed by atoms with Crippen molar-refractivity contribution in [2.75, 3.05) is 18.8 Å². The highest BCUT2D eigenvalue weighted by atomic mass is 32.2. The monoisotopic (exact) mass is 374 g/mol. The van der Waals surface area contributed by atoms with Crippen LogP contribution in [0.1, 0.15) is 45.0 Å². The molecule has 1 aromatic carbocycles. The maximum absolute atomic E-state index is 12.5. The average Bonchev–Trinajstić information content (AvgIpc) is 3.07. The van der Waals surface area contributed by atoms with Crippen molar-refractivity contribution < 1.29 is 4.79 Å². The zero-order chi connectivity index (χ0) is 18.8. The van der Waals surface area contributed by atoms with Gasteiger partial charge >= 0.3 is 0 Å². The number of nitrogens with zero attached hydrogens (tertiary/aromatic N) is 4. The van der Waals surface area contributed by atoms with Gasteiger partial charge in [-0.25, -0.2) is 0 Å². The average molecular weight is 375 g/mol. The molecule has 0 atom stereocenters. The molecule has 0 spiro atoms. The van der Waals surface area contributed by atoms with E-state index in [2.05, 4.69) is 59.8 Å². The van der Waals surface area contributed by atoms with Gasteiger partial charge in [0.2, 0.25) is 5.91 Å². The molecule has 1 aromatic heterocycles. The first kappa shape index (κ1) is 20.5. The van der Waals surface area contributed by atoms with Crippen LogP contribution in [0.5, 0.6) is 0 Å². The molecule has 0 aliphatic heterocycles. The van der Waals surface area contributed by atoms with E-state index in [1.807, 2.05) is 11.0 Å². The third-order valence-corrected chi connectivity index (χ3v) is 5.21. The highest BCUT2D eigenvalue weighted by Crippen LogP contribution is 2.19. The molecule has 0 bridgehead atoms. The van der Waals surface area contributed by atoms with Crippen LogP contribution in [0.25, 0.3) is 0 Å². The number of carbonyl (C=O) groups is 1. The molecule has 0 radical (unpaired) electrons. The topological polar surface area (TPSA) is 51.0 Å². The molecule has 0 aliphatic carbocycles. The summed E-state index contributed by atoms with van der Waals surface area (Å²) in [5.41, 5.74) is 1.30. The standard InChI is InChI=1S/C20H30N4OS/c1-4-14-23(15-5-2)19(25)16-26-20-22-21-18(24(20)6-3)13-12-17-10-8-7-9-11-17/h7-11H,4-6,12-16H2,1-3H3. The second-order valence-corrected chi connectivity index (χ2v) is 7.24. The van der Waals surface area contributed by atoms with Gasteiger partial charge in [-0.1, -0.05) is 55.9 Å². The molecule has 0 unspecified atom stereocenters. The molecule has 0 N–H and O–H groups in total. The minimum absolute atomic E-state index is 0.190. The maximum Gasteiger partial charge on any atom is 0.233 e. The minimum atomic E-state index is 0.190. The highest BCUT2D eigenvalue weighted by Gasteiger charge is 2.16. The molecule has 0 fully saturated rings. The molecule has 0 saturated carbocycles. The van der Waals surface area contributed by atoms with Crippen LogP contribution in [-0.4, -0.2) is 44.4 Å². The number of benzene rings is 1. The van der Waals surface area contributed by atoms with Crippen molar-refractivity contribution in [1.82, 2.24) is 19.7 Å². The van der Waals surface area contributed by atoms with Gasteiger partial charge in [0.15, 0.2) is 5.16 Å². The zero-order valence-corrected chi connectivity index (χ0v) is 17.0. The summed E-state index contributed by atoms with van der Waals surface area (Å²) >= 11 is 1.50. The van der Waals surface area contributed by atoms with Crippen molar-refractivity contribution in [2.24, 2.45) is 0 Å². The van der Waals surface area contributed by atoms with E-state index in [9.17, 15) is 4.79 Å². The van der Waals surface area contributed by atoms with Crippen LogP contribution in [0.2, 0.25) is 0 Å². The summed E-state index contributed by atoms with van der Waals surface area (Å²) < 4.78 is 2.13. The van der Waals surface area contributed by atoms with Crippen molar-refractivity contribution in [2.45, 2.75) is 58.2 Å². The number of amides is 1. The van der Waals surface area contributed by atoms with E-state index in [1.165, 1.54) is 17.3 Å². The van der Waals surface area contributed by atoms with Crippen molar-refractivity contribution in [3.05, 3.63) is 41.7 Å². The van der Waals surface area contributed by atoms with E-state index in [-0.39, 0.29) is 5.91 Å². The molecule has 1 amide bonds. The van der Waals surface area contributed by atoms with E-state index in [0.29, 0.717) is 5.75 Å². The Morgan fingerprint density at radius 2 is 1.73 bits per heavy atom. The first-order valence-corrected chi connectivity index (χ1v) is 10.5. The summed E-state index contributed by atoms with van der Waals surface area (Å²) in [6, 6.07) is 10.4. The number of hydrogen-bond donors (Lipinski definition) is 0. The zero-order valence-electron chi connectivity index (χ0n) is 16.1. The third kappa shape index (κ3) is 5.87. The second kappa shape index (κ2) is 11.0. The summed E-state index contributed by atoms with van der Waals surface area (Å²) in [6.07, 6.45) is 3.79. The fourth-order valence-corrected chi connectivity index (χ4v) is 3.87. The summed E-state index contributed by atoms with van der Waals surface area (Å²) in [6.45, 7) is 8.79. The molecule has 26 heavy (non-hydrogen) atoms. The van der Waals surface area contributed by atoms with E-state index in [1.54, 1.807) is 0 Å². The van der Waals surface area contributed by atoms with E-state index in [4.69, 9.17) is 0 Å². The van der Waals surface area contributed by atoms with Gasteiger partial charge in [-0.2, -0.15) is 0 Å². The number of aromatic nitrogens is 3. The molecular formula is C20H30N4OS. The second-order valence-electron chi connectivity index (χ2n) is 6.30. The van der Waals surface area contributed by atoms with Gasteiger partial charge in [-0.3, -0.25) is 4.79 Å². The van der Waals surface area contributed by atoms with Gasteiger partial charge in [0.05, 0.1) is 5.75 Å². The van der Waals surface area contributed by atoms with Gasteiger partial charge in [0.25, 0.3) is 0 Å². The van der Waals surface area contributed by atoms with Crippen molar-refractivity contribution in [1.29, 1.82) is 0 Å². The Balaban J connectivity index is 1.95. The molecule has 5 nitrogen and oxygen atoms in total. The Kier molecular flexibility index (Phi) is 8.68.